The van der Waals surface area contributed by atoms with E-state index in [1.165, 1.54) is 38.5 Å². The third-order valence-corrected chi connectivity index (χ3v) is 2.99. The van der Waals surface area contributed by atoms with Gasteiger partial charge in [0.05, 0.1) is 0 Å². The molecular formula is C16H32O4Pb. The standard InChI is InChI=1S/2C8H16O2.Pb/c2*1-2-3-4-5-6-7-8(9)10;/h2*2-7H2,1H3,(H,9,10);. The van der Waals surface area contributed by atoms with Crippen LogP contribution >= 0.6 is 0 Å². The number of hydrogen-bond donors (Lipinski definition) is 2. The number of unbranched alkanes of at least 4 members (excludes halogenated alkanes) is 8. The molecule has 0 bridgehead atoms. The van der Waals surface area contributed by atoms with Crippen LogP contribution in [0.2, 0.25) is 0 Å². The minimum atomic E-state index is -0.670. The number of aliphatic carboxylic acids is 2. The third-order valence-electron chi connectivity index (χ3n) is 2.99. The minimum absolute atomic E-state index is 0. The summed E-state index contributed by atoms with van der Waals surface area (Å²) in [7, 11) is 0. The van der Waals surface area contributed by atoms with Crippen molar-refractivity contribution in [2.75, 3.05) is 0 Å². The molecule has 0 spiro atoms. The molecule has 124 valence electrons. The molecule has 21 heavy (non-hydrogen) atoms. The number of rotatable bonds is 12. The van der Waals surface area contributed by atoms with Crippen LogP contribution in [0.15, 0.2) is 0 Å². The Bertz CT molecular complexity index is 208. The predicted molar refractivity (Wildman–Crippen MR) is 87.8 cm³/mol. The topological polar surface area (TPSA) is 74.6 Å². The molecule has 0 aromatic heterocycles. The van der Waals surface area contributed by atoms with Gasteiger partial charge in [-0.2, -0.15) is 0 Å². The molecule has 0 heterocycles. The summed E-state index contributed by atoms with van der Waals surface area (Å²) < 4.78 is 0. The Balaban J connectivity index is -0.000000295. The summed E-state index contributed by atoms with van der Waals surface area (Å²) in [6.07, 6.45) is 11.8. The van der Waals surface area contributed by atoms with Gasteiger partial charge in [-0.15, -0.1) is 0 Å². The second-order valence-electron chi connectivity index (χ2n) is 5.12. The number of hydrogen-bond acceptors (Lipinski definition) is 2. The van der Waals surface area contributed by atoms with E-state index in [1.54, 1.807) is 0 Å². The average molecular weight is 496 g/mol. The molecule has 0 amide bonds. The van der Waals surface area contributed by atoms with Crippen molar-refractivity contribution in [2.24, 2.45) is 0 Å². The Morgan fingerprint density at radius 2 is 0.905 bits per heavy atom. The van der Waals surface area contributed by atoms with Crippen LogP contribution in [-0.2, 0) is 9.59 Å². The monoisotopic (exact) mass is 496 g/mol. The van der Waals surface area contributed by atoms with E-state index >= 15 is 0 Å². The SMILES string of the molecule is CCCCCCCC(=O)O.CCCCCCCC(=O)O.[Pb]. The van der Waals surface area contributed by atoms with Crippen molar-refractivity contribution in [1.82, 2.24) is 0 Å². The van der Waals surface area contributed by atoms with Crippen LogP contribution in [0.4, 0.5) is 0 Å². The van der Waals surface area contributed by atoms with Gasteiger partial charge in [-0.3, -0.25) is 9.59 Å². The molecule has 0 fully saturated rings. The summed E-state index contributed by atoms with van der Waals surface area (Å²) in [5.41, 5.74) is 0. The molecule has 4 nitrogen and oxygen atoms in total. The molecule has 0 aliphatic rings. The van der Waals surface area contributed by atoms with Crippen molar-refractivity contribution < 1.29 is 19.8 Å². The van der Waals surface area contributed by atoms with Gasteiger partial charge in [0.1, 0.15) is 0 Å². The van der Waals surface area contributed by atoms with E-state index in [1.807, 2.05) is 0 Å². The molecule has 0 aliphatic carbocycles. The van der Waals surface area contributed by atoms with E-state index < -0.39 is 11.9 Å². The van der Waals surface area contributed by atoms with E-state index in [0.29, 0.717) is 12.8 Å². The fourth-order valence-electron chi connectivity index (χ4n) is 1.76. The molecule has 0 atom stereocenters. The second kappa shape index (κ2) is 22.1. The Hall–Kier alpha value is -0.138. The summed E-state index contributed by atoms with van der Waals surface area (Å²) in [6.45, 7) is 4.30. The van der Waals surface area contributed by atoms with Crippen molar-refractivity contribution in [2.45, 2.75) is 90.9 Å². The average Bonchev–Trinajstić information content (AvgIpc) is 2.38. The van der Waals surface area contributed by atoms with Gasteiger partial charge in [0, 0.05) is 40.1 Å². The van der Waals surface area contributed by atoms with Gasteiger partial charge in [-0.05, 0) is 12.8 Å². The number of carboxylic acid groups (broad SMARTS) is 2. The van der Waals surface area contributed by atoms with Crippen molar-refractivity contribution in [3.8, 4) is 0 Å². The van der Waals surface area contributed by atoms with E-state index in [2.05, 4.69) is 13.8 Å². The van der Waals surface area contributed by atoms with Crippen LogP contribution in [0, 0.1) is 0 Å². The van der Waals surface area contributed by atoms with Crippen molar-refractivity contribution in [3.63, 3.8) is 0 Å². The van der Waals surface area contributed by atoms with Crippen LogP contribution in [0.5, 0.6) is 0 Å². The molecule has 0 aromatic rings. The first-order valence-electron chi connectivity index (χ1n) is 7.98. The van der Waals surface area contributed by atoms with Crippen molar-refractivity contribution >= 4 is 39.2 Å². The Labute approximate surface area is 149 Å². The fourth-order valence-corrected chi connectivity index (χ4v) is 1.76. The normalized spacial score (nSPS) is 9.24. The minimum Gasteiger partial charge on any atom is -0.481 e. The van der Waals surface area contributed by atoms with Crippen molar-refractivity contribution in [1.29, 1.82) is 0 Å². The summed E-state index contributed by atoms with van der Waals surface area (Å²) >= 11 is 0. The van der Waals surface area contributed by atoms with Crippen LogP contribution in [0.3, 0.4) is 0 Å². The summed E-state index contributed by atoms with van der Waals surface area (Å²) in [5, 5.41) is 16.5. The summed E-state index contributed by atoms with van der Waals surface area (Å²) in [4.78, 5) is 20.1. The zero-order chi connectivity index (χ0) is 15.6. The number of carbonyl (C=O) groups is 2. The maximum absolute atomic E-state index is 10.0. The van der Waals surface area contributed by atoms with Gasteiger partial charge in [-0.25, -0.2) is 0 Å². The first kappa shape index (κ1) is 25.8. The van der Waals surface area contributed by atoms with Gasteiger partial charge in [0.25, 0.3) is 0 Å². The molecule has 4 radical (unpaired) electrons. The van der Waals surface area contributed by atoms with Gasteiger partial charge in [0.2, 0.25) is 0 Å². The zero-order valence-corrected chi connectivity index (χ0v) is 17.6. The maximum atomic E-state index is 10.0. The van der Waals surface area contributed by atoms with Crippen LogP contribution < -0.4 is 0 Å². The molecule has 0 unspecified atom stereocenters. The van der Waals surface area contributed by atoms with Crippen LogP contribution in [0.25, 0.3) is 0 Å². The predicted octanol–water partition coefficient (Wildman–Crippen LogP) is 4.48. The molecule has 2 N–H and O–H groups in total. The molecule has 5 heteroatoms. The van der Waals surface area contributed by atoms with E-state index in [0.717, 1.165) is 25.7 Å². The molecule has 0 aliphatic heterocycles. The van der Waals surface area contributed by atoms with E-state index in [4.69, 9.17) is 10.2 Å². The van der Waals surface area contributed by atoms with E-state index in [9.17, 15) is 9.59 Å². The smallest absolute Gasteiger partial charge is 0.303 e. The van der Waals surface area contributed by atoms with Gasteiger partial charge in [0.15, 0.2) is 0 Å². The van der Waals surface area contributed by atoms with Crippen LogP contribution in [-0.4, -0.2) is 49.5 Å². The maximum Gasteiger partial charge on any atom is 0.303 e. The first-order chi connectivity index (χ1) is 9.54. The summed E-state index contributed by atoms with van der Waals surface area (Å²) in [5.74, 6) is -1.34. The van der Waals surface area contributed by atoms with E-state index in [-0.39, 0.29) is 27.3 Å². The molecule has 0 rings (SSSR count). The van der Waals surface area contributed by atoms with Crippen LogP contribution in [0.1, 0.15) is 90.9 Å². The Morgan fingerprint density at radius 3 is 1.14 bits per heavy atom. The zero-order valence-electron chi connectivity index (χ0n) is 13.7. The Morgan fingerprint density at radius 1 is 0.619 bits per heavy atom. The quantitative estimate of drug-likeness (QED) is 0.309. The number of carboxylic acids is 2. The van der Waals surface area contributed by atoms with Gasteiger partial charge < -0.3 is 10.2 Å². The largest absolute Gasteiger partial charge is 0.481 e. The van der Waals surface area contributed by atoms with Crippen molar-refractivity contribution in [3.05, 3.63) is 0 Å². The first-order valence-corrected chi connectivity index (χ1v) is 7.98. The van der Waals surface area contributed by atoms with Gasteiger partial charge in [-0.1, -0.05) is 65.2 Å². The molecule has 0 saturated carbocycles. The Kier molecular flexibility index (Phi) is 27.2. The molecular weight excluding hydrogens is 463 g/mol. The van der Waals surface area contributed by atoms with Gasteiger partial charge >= 0.3 is 11.9 Å². The fraction of sp³-hybridized carbons (Fsp3) is 0.875. The third kappa shape index (κ3) is 33.0. The second-order valence-corrected chi connectivity index (χ2v) is 5.12. The molecule has 0 saturated heterocycles. The summed E-state index contributed by atoms with van der Waals surface area (Å²) in [6, 6.07) is 0. The molecule has 0 aromatic carbocycles.